The fourth-order valence-corrected chi connectivity index (χ4v) is 7.85. The maximum Gasteiger partial charge on any atom is 0.254 e. The van der Waals surface area contributed by atoms with Crippen LogP contribution in [0.3, 0.4) is 0 Å². The Hall–Kier alpha value is -4.82. The van der Waals surface area contributed by atoms with Crippen molar-refractivity contribution in [3.8, 4) is 11.1 Å². The molecule has 1 aliphatic carbocycles. The molecule has 2 heterocycles. The van der Waals surface area contributed by atoms with E-state index in [0.717, 1.165) is 72.5 Å². The summed E-state index contributed by atoms with van der Waals surface area (Å²) < 4.78 is 31.6. The van der Waals surface area contributed by atoms with Gasteiger partial charge < -0.3 is 25.8 Å². The number of nitrogens with one attached hydrogen (secondary N) is 2. The summed E-state index contributed by atoms with van der Waals surface area (Å²) in [6, 6.07) is 14.9. The van der Waals surface area contributed by atoms with Crippen molar-refractivity contribution in [2.24, 2.45) is 11.7 Å². The monoisotopic (exact) mass is 762 g/mol. The number of thioether (sulfide) groups is 1. The second-order valence-electron chi connectivity index (χ2n) is 13.6. The number of amides is 5. The SMILES string of the molecule is NCCCN(C(=O)CSCCC(=O)NCCNC(=O)CN1C(=O)C=CC1=O)[C@@H](c1cc(-c2cc(F)ccc2F)cn1Cc1ccccc1)C1CCCCC1. The lowest BCUT2D eigenvalue weighted by Crippen LogP contribution is -2.42. The molecule has 1 atom stereocenters. The molecule has 288 valence electrons. The summed E-state index contributed by atoms with van der Waals surface area (Å²) in [7, 11) is 0. The molecule has 1 saturated carbocycles. The summed E-state index contributed by atoms with van der Waals surface area (Å²) in [4.78, 5) is 64.8. The minimum atomic E-state index is -0.546. The van der Waals surface area contributed by atoms with E-state index in [1.165, 1.54) is 17.8 Å². The van der Waals surface area contributed by atoms with Crippen LogP contribution >= 0.6 is 11.8 Å². The van der Waals surface area contributed by atoms with Crippen LogP contribution in [-0.2, 0) is 30.5 Å². The molecule has 2 aromatic carbocycles. The maximum atomic E-state index is 15.1. The normalized spacial score (nSPS) is 15.1. The Kier molecular flexibility index (Phi) is 15.0. The van der Waals surface area contributed by atoms with Gasteiger partial charge in [0, 0.05) is 73.5 Å². The third-order valence-electron chi connectivity index (χ3n) is 9.69. The van der Waals surface area contributed by atoms with Gasteiger partial charge in [-0.2, -0.15) is 11.8 Å². The Bertz CT molecular complexity index is 1790. The van der Waals surface area contributed by atoms with Crippen molar-refractivity contribution < 1.29 is 32.8 Å². The fourth-order valence-electron chi connectivity index (χ4n) is 7.03. The van der Waals surface area contributed by atoms with E-state index < -0.39 is 35.9 Å². The molecular formula is C40H48F2N6O5S. The Morgan fingerprint density at radius 3 is 2.33 bits per heavy atom. The summed E-state index contributed by atoms with van der Waals surface area (Å²) in [6.07, 6.45) is 9.86. The van der Waals surface area contributed by atoms with E-state index >= 15 is 4.39 Å². The molecule has 14 heteroatoms. The van der Waals surface area contributed by atoms with Gasteiger partial charge in [-0.05, 0) is 61.6 Å². The molecule has 3 aromatic rings. The van der Waals surface area contributed by atoms with Crippen molar-refractivity contribution in [3.63, 3.8) is 0 Å². The van der Waals surface area contributed by atoms with Crippen LogP contribution in [-0.4, -0.2) is 88.1 Å². The van der Waals surface area contributed by atoms with Gasteiger partial charge in [-0.25, -0.2) is 8.78 Å². The van der Waals surface area contributed by atoms with Gasteiger partial charge in [0.2, 0.25) is 17.7 Å². The molecule has 4 N–H and O–H groups in total. The summed E-state index contributed by atoms with van der Waals surface area (Å²) in [6.45, 7) is 1.20. The standard InChI is InChI=1S/C40H48F2N6O5S/c41-31-12-13-33(42)32(23-31)30-22-34(46(25-30)24-28-8-3-1-4-9-28)40(29-10-5-2-6-11-29)47(20-7-17-43)39(53)27-54-21-16-35(49)44-18-19-45-36(50)26-48-37(51)14-15-38(48)52/h1,3-4,8-9,12-15,22-23,25,29,40H,2,5-7,10-11,16-21,24,26-27,43H2,(H,44,49)(H,45,50)/t40-/m1/s1. The lowest BCUT2D eigenvalue weighted by Gasteiger charge is -2.39. The molecule has 5 amide bonds. The van der Waals surface area contributed by atoms with Crippen LogP contribution in [0.1, 0.15) is 62.2 Å². The number of rotatable bonds is 19. The number of nitrogens with two attached hydrogens (primary N) is 1. The van der Waals surface area contributed by atoms with Gasteiger partial charge in [0.1, 0.15) is 18.2 Å². The van der Waals surface area contributed by atoms with Crippen molar-refractivity contribution >= 4 is 41.3 Å². The van der Waals surface area contributed by atoms with E-state index in [9.17, 15) is 28.4 Å². The van der Waals surface area contributed by atoms with Gasteiger partial charge in [0.05, 0.1) is 11.8 Å². The smallest absolute Gasteiger partial charge is 0.254 e. The van der Waals surface area contributed by atoms with Crippen molar-refractivity contribution in [2.45, 2.75) is 57.5 Å². The lowest BCUT2D eigenvalue weighted by atomic mass is 9.81. The average molecular weight is 763 g/mol. The van der Waals surface area contributed by atoms with Crippen LogP contribution in [0.4, 0.5) is 8.78 Å². The van der Waals surface area contributed by atoms with Crippen LogP contribution in [0.2, 0.25) is 0 Å². The predicted octanol–water partition coefficient (Wildman–Crippen LogP) is 4.56. The Labute approximate surface area is 318 Å². The second-order valence-corrected chi connectivity index (χ2v) is 14.7. The third-order valence-corrected chi connectivity index (χ3v) is 10.6. The van der Waals surface area contributed by atoms with Gasteiger partial charge in [-0.1, -0.05) is 49.6 Å². The van der Waals surface area contributed by atoms with Crippen LogP contribution in [0, 0.1) is 17.6 Å². The molecule has 54 heavy (non-hydrogen) atoms. The number of aromatic nitrogens is 1. The highest BCUT2D eigenvalue weighted by Crippen LogP contribution is 2.41. The Morgan fingerprint density at radius 1 is 0.926 bits per heavy atom. The van der Waals surface area contributed by atoms with Gasteiger partial charge in [-0.3, -0.25) is 28.9 Å². The highest BCUT2D eigenvalue weighted by molar-refractivity contribution is 7.99. The van der Waals surface area contributed by atoms with E-state index in [0.29, 0.717) is 37.4 Å². The first-order chi connectivity index (χ1) is 26.1. The molecule has 0 radical (unpaired) electrons. The van der Waals surface area contributed by atoms with Crippen LogP contribution in [0.25, 0.3) is 11.1 Å². The van der Waals surface area contributed by atoms with Crippen molar-refractivity contribution in [1.29, 1.82) is 0 Å². The summed E-state index contributed by atoms with van der Waals surface area (Å²) in [5.41, 5.74) is 8.58. The first-order valence-electron chi connectivity index (χ1n) is 18.5. The molecule has 1 aliphatic heterocycles. The molecular weight excluding hydrogens is 715 g/mol. The predicted molar refractivity (Wildman–Crippen MR) is 204 cm³/mol. The quantitative estimate of drug-likeness (QED) is 0.120. The number of benzene rings is 2. The zero-order valence-electron chi connectivity index (χ0n) is 30.3. The highest BCUT2D eigenvalue weighted by atomic mass is 32.2. The highest BCUT2D eigenvalue weighted by Gasteiger charge is 2.35. The van der Waals surface area contributed by atoms with Crippen molar-refractivity contribution in [2.75, 3.05) is 44.2 Å². The maximum absolute atomic E-state index is 15.1. The zero-order chi connectivity index (χ0) is 38.5. The minimum Gasteiger partial charge on any atom is -0.354 e. The van der Waals surface area contributed by atoms with E-state index in [1.807, 2.05) is 47.5 Å². The minimum absolute atomic E-state index is 0.0803. The molecule has 0 spiro atoms. The molecule has 1 aromatic heterocycles. The third kappa shape index (κ3) is 11.1. The van der Waals surface area contributed by atoms with Gasteiger partial charge in [0.25, 0.3) is 11.8 Å². The number of carbonyl (C=O) groups is 5. The number of carbonyl (C=O) groups excluding carboxylic acids is 5. The first kappa shape index (κ1) is 40.4. The lowest BCUT2D eigenvalue weighted by molar-refractivity contribution is -0.141. The fraction of sp³-hybridized carbons (Fsp3) is 0.425. The van der Waals surface area contributed by atoms with Gasteiger partial charge in [0.15, 0.2) is 0 Å². The number of hydrogen-bond acceptors (Lipinski definition) is 7. The molecule has 2 aliphatic rings. The second kappa shape index (κ2) is 20.0. The molecule has 5 rings (SSSR count). The van der Waals surface area contributed by atoms with E-state index in [4.69, 9.17) is 5.73 Å². The van der Waals surface area contributed by atoms with Crippen molar-refractivity contribution in [3.05, 3.63) is 95.8 Å². The number of imide groups is 1. The average Bonchev–Trinajstić information content (AvgIpc) is 3.72. The van der Waals surface area contributed by atoms with E-state index in [-0.39, 0.29) is 54.6 Å². The number of hydrogen-bond donors (Lipinski definition) is 3. The largest absolute Gasteiger partial charge is 0.354 e. The first-order valence-corrected chi connectivity index (χ1v) is 19.6. The summed E-state index contributed by atoms with van der Waals surface area (Å²) in [5.74, 6) is -2.30. The van der Waals surface area contributed by atoms with E-state index in [2.05, 4.69) is 15.2 Å². The molecule has 0 saturated heterocycles. The summed E-state index contributed by atoms with van der Waals surface area (Å²) in [5, 5.41) is 5.30. The van der Waals surface area contributed by atoms with Crippen LogP contribution < -0.4 is 16.4 Å². The van der Waals surface area contributed by atoms with E-state index in [1.54, 1.807) is 0 Å². The van der Waals surface area contributed by atoms with Gasteiger partial charge in [-0.15, -0.1) is 0 Å². The zero-order valence-corrected chi connectivity index (χ0v) is 31.1. The Morgan fingerprint density at radius 2 is 1.63 bits per heavy atom. The van der Waals surface area contributed by atoms with Crippen LogP contribution in [0.15, 0.2) is 72.9 Å². The number of halogens is 2. The molecule has 0 bridgehead atoms. The number of nitrogens with zero attached hydrogens (tertiary/aromatic N) is 3. The van der Waals surface area contributed by atoms with Crippen LogP contribution in [0.5, 0.6) is 0 Å². The molecule has 1 fully saturated rings. The summed E-state index contributed by atoms with van der Waals surface area (Å²) >= 11 is 1.36. The van der Waals surface area contributed by atoms with Gasteiger partial charge >= 0.3 is 0 Å². The molecule has 0 unspecified atom stereocenters. The Balaban J connectivity index is 1.25. The molecule has 11 nitrogen and oxygen atoms in total. The van der Waals surface area contributed by atoms with Crippen molar-refractivity contribution in [1.82, 2.24) is 25.0 Å². The topological polar surface area (TPSA) is 147 Å².